The number of aryl methyl sites for hydroxylation is 1. The van der Waals surface area contributed by atoms with Crippen molar-refractivity contribution in [2.24, 2.45) is 0 Å². The Kier molecular flexibility index (Phi) is 10.5. The van der Waals surface area contributed by atoms with Crippen LogP contribution in [-0.4, -0.2) is 35.1 Å². The van der Waals surface area contributed by atoms with Crippen LogP contribution in [0.4, 0.5) is 0 Å². The van der Waals surface area contributed by atoms with Crippen molar-refractivity contribution in [2.75, 3.05) is 12.3 Å². The zero-order chi connectivity index (χ0) is 21.8. The summed E-state index contributed by atoms with van der Waals surface area (Å²) in [6.07, 6.45) is 2.57. The van der Waals surface area contributed by atoms with Gasteiger partial charge in [-0.2, -0.15) is 0 Å². The van der Waals surface area contributed by atoms with Crippen molar-refractivity contribution in [2.45, 2.75) is 58.4 Å². The molecule has 162 valence electrons. The molecule has 0 saturated carbocycles. The van der Waals surface area contributed by atoms with Crippen molar-refractivity contribution >= 4 is 23.6 Å². The SMILES string of the molecule is CCCCNC(=O)[C@H](CC)N(Cc1ccccc1C)C(=O)CSCc1ccccc1. The Morgan fingerprint density at radius 1 is 1.03 bits per heavy atom. The van der Waals surface area contributed by atoms with Gasteiger partial charge in [-0.15, -0.1) is 11.8 Å². The van der Waals surface area contributed by atoms with E-state index < -0.39 is 6.04 Å². The van der Waals surface area contributed by atoms with E-state index in [1.54, 1.807) is 16.7 Å². The summed E-state index contributed by atoms with van der Waals surface area (Å²) >= 11 is 1.60. The standard InChI is InChI=1S/C25H34N2O2S/c1-4-6-16-26-25(29)23(5-2)27(17-22-15-11-10-12-20(22)3)24(28)19-30-18-21-13-8-7-9-14-21/h7-15,23H,4-6,16-19H2,1-3H3,(H,26,29)/t23-/m0/s1. The maximum atomic E-state index is 13.2. The molecular weight excluding hydrogens is 392 g/mol. The van der Waals surface area contributed by atoms with E-state index in [4.69, 9.17) is 0 Å². The average molecular weight is 427 g/mol. The van der Waals surface area contributed by atoms with Gasteiger partial charge in [-0.3, -0.25) is 9.59 Å². The van der Waals surface area contributed by atoms with Crippen LogP contribution in [0.2, 0.25) is 0 Å². The van der Waals surface area contributed by atoms with E-state index in [1.165, 1.54) is 5.56 Å². The second-order valence-corrected chi connectivity index (χ2v) is 8.48. The average Bonchev–Trinajstić information content (AvgIpc) is 2.75. The second kappa shape index (κ2) is 13.1. The van der Waals surface area contributed by atoms with Gasteiger partial charge in [0.1, 0.15) is 6.04 Å². The van der Waals surface area contributed by atoms with Crippen molar-refractivity contribution in [1.82, 2.24) is 10.2 Å². The smallest absolute Gasteiger partial charge is 0.242 e. The fraction of sp³-hybridized carbons (Fsp3) is 0.440. The number of unbranched alkanes of at least 4 members (excludes halogenated alkanes) is 1. The highest BCUT2D eigenvalue weighted by Gasteiger charge is 2.28. The zero-order valence-corrected chi connectivity index (χ0v) is 19.2. The molecule has 0 bridgehead atoms. The van der Waals surface area contributed by atoms with Crippen molar-refractivity contribution in [3.63, 3.8) is 0 Å². The van der Waals surface area contributed by atoms with Gasteiger partial charge in [0.25, 0.3) is 0 Å². The van der Waals surface area contributed by atoms with E-state index >= 15 is 0 Å². The van der Waals surface area contributed by atoms with E-state index in [0.717, 1.165) is 29.7 Å². The zero-order valence-electron chi connectivity index (χ0n) is 18.4. The molecule has 0 heterocycles. The first-order valence-corrected chi connectivity index (χ1v) is 12.0. The second-order valence-electron chi connectivity index (χ2n) is 7.50. The molecule has 2 aromatic rings. The number of hydrogen-bond acceptors (Lipinski definition) is 3. The fourth-order valence-electron chi connectivity index (χ4n) is 3.31. The minimum Gasteiger partial charge on any atom is -0.354 e. The lowest BCUT2D eigenvalue weighted by molar-refractivity contribution is -0.139. The van der Waals surface area contributed by atoms with Gasteiger partial charge in [-0.05, 0) is 36.5 Å². The highest BCUT2D eigenvalue weighted by molar-refractivity contribution is 7.99. The topological polar surface area (TPSA) is 49.4 Å². The van der Waals surface area contributed by atoms with E-state index in [2.05, 4.69) is 24.4 Å². The van der Waals surface area contributed by atoms with E-state index in [-0.39, 0.29) is 11.8 Å². The predicted molar refractivity (Wildman–Crippen MR) is 126 cm³/mol. The molecule has 5 heteroatoms. The molecule has 0 spiro atoms. The summed E-state index contributed by atoms with van der Waals surface area (Å²) in [5, 5.41) is 3.01. The van der Waals surface area contributed by atoms with Gasteiger partial charge in [-0.1, -0.05) is 74.9 Å². The largest absolute Gasteiger partial charge is 0.354 e. The number of thioether (sulfide) groups is 1. The molecule has 2 aromatic carbocycles. The molecule has 0 aliphatic heterocycles. The number of nitrogens with zero attached hydrogens (tertiary/aromatic N) is 1. The Balaban J connectivity index is 2.11. The van der Waals surface area contributed by atoms with Crippen LogP contribution < -0.4 is 5.32 Å². The third-order valence-corrected chi connectivity index (χ3v) is 6.14. The van der Waals surface area contributed by atoms with Gasteiger partial charge in [0.05, 0.1) is 5.75 Å². The number of carbonyl (C=O) groups excluding carboxylic acids is 2. The Morgan fingerprint density at radius 2 is 1.73 bits per heavy atom. The molecule has 0 radical (unpaired) electrons. The lowest BCUT2D eigenvalue weighted by Crippen LogP contribution is -2.49. The highest BCUT2D eigenvalue weighted by Crippen LogP contribution is 2.18. The van der Waals surface area contributed by atoms with Crippen LogP contribution in [0.5, 0.6) is 0 Å². The quantitative estimate of drug-likeness (QED) is 0.489. The lowest BCUT2D eigenvalue weighted by Gasteiger charge is -2.31. The van der Waals surface area contributed by atoms with Crippen molar-refractivity contribution < 1.29 is 9.59 Å². The monoisotopic (exact) mass is 426 g/mol. The first-order chi connectivity index (χ1) is 14.6. The van der Waals surface area contributed by atoms with Crippen molar-refractivity contribution in [3.05, 3.63) is 71.3 Å². The number of amides is 2. The number of hydrogen-bond donors (Lipinski definition) is 1. The van der Waals surface area contributed by atoms with Crippen LogP contribution in [0.25, 0.3) is 0 Å². The molecule has 0 fully saturated rings. The molecule has 0 aliphatic rings. The van der Waals surface area contributed by atoms with Crippen LogP contribution in [0.1, 0.15) is 49.8 Å². The van der Waals surface area contributed by atoms with E-state index in [0.29, 0.717) is 25.3 Å². The van der Waals surface area contributed by atoms with Crippen LogP contribution >= 0.6 is 11.8 Å². The van der Waals surface area contributed by atoms with E-state index in [9.17, 15) is 9.59 Å². The maximum Gasteiger partial charge on any atom is 0.242 e. The number of benzene rings is 2. The van der Waals surface area contributed by atoms with Gasteiger partial charge in [0.15, 0.2) is 0 Å². The third-order valence-electron chi connectivity index (χ3n) is 5.15. The minimum atomic E-state index is -0.453. The van der Waals surface area contributed by atoms with Gasteiger partial charge >= 0.3 is 0 Å². The molecule has 30 heavy (non-hydrogen) atoms. The summed E-state index contributed by atoms with van der Waals surface area (Å²) in [4.78, 5) is 27.8. The summed E-state index contributed by atoms with van der Waals surface area (Å²) in [5.41, 5.74) is 3.41. The Hall–Kier alpha value is -2.27. The predicted octanol–water partition coefficient (Wildman–Crippen LogP) is 4.95. The number of nitrogens with one attached hydrogen (secondary N) is 1. The molecular formula is C25H34N2O2S. The summed E-state index contributed by atoms with van der Waals surface area (Å²) in [6, 6.07) is 17.8. The molecule has 0 saturated heterocycles. The normalized spacial score (nSPS) is 11.7. The van der Waals surface area contributed by atoms with Crippen LogP contribution in [-0.2, 0) is 21.9 Å². The summed E-state index contributed by atoms with van der Waals surface area (Å²) in [6.45, 7) is 7.23. The summed E-state index contributed by atoms with van der Waals surface area (Å²) in [7, 11) is 0. The Bertz CT molecular complexity index is 795. The first kappa shape index (κ1) is 24.0. The molecule has 2 amide bonds. The number of rotatable bonds is 12. The molecule has 4 nitrogen and oxygen atoms in total. The van der Waals surface area contributed by atoms with Crippen molar-refractivity contribution in [1.29, 1.82) is 0 Å². The highest BCUT2D eigenvalue weighted by atomic mass is 32.2. The first-order valence-electron chi connectivity index (χ1n) is 10.8. The van der Waals surface area contributed by atoms with Gasteiger partial charge in [0, 0.05) is 18.8 Å². The molecule has 1 N–H and O–H groups in total. The summed E-state index contributed by atoms with van der Waals surface area (Å²) in [5.74, 6) is 1.10. The molecule has 0 aromatic heterocycles. The van der Waals surface area contributed by atoms with Crippen molar-refractivity contribution in [3.8, 4) is 0 Å². The van der Waals surface area contributed by atoms with Gasteiger partial charge in [-0.25, -0.2) is 0 Å². The van der Waals surface area contributed by atoms with Crippen LogP contribution in [0.3, 0.4) is 0 Å². The van der Waals surface area contributed by atoms with Crippen LogP contribution in [0, 0.1) is 6.92 Å². The number of carbonyl (C=O) groups is 2. The van der Waals surface area contributed by atoms with Gasteiger partial charge in [0.2, 0.25) is 11.8 Å². The molecule has 0 unspecified atom stereocenters. The third kappa shape index (κ3) is 7.52. The molecule has 0 aliphatic carbocycles. The lowest BCUT2D eigenvalue weighted by atomic mass is 10.1. The molecule has 1 atom stereocenters. The van der Waals surface area contributed by atoms with Gasteiger partial charge < -0.3 is 10.2 Å². The molecule has 2 rings (SSSR count). The Morgan fingerprint density at radius 3 is 2.40 bits per heavy atom. The van der Waals surface area contributed by atoms with Crippen LogP contribution in [0.15, 0.2) is 54.6 Å². The Labute approximate surface area is 185 Å². The maximum absolute atomic E-state index is 13.2. The fourth-order valence-corrected chi connectivity index (χ4v) is 4.18. The van der Waals surface area contributed by atoms with E-state index in [1.807, 2.05) is 56.3 Å². The minimum absolute atomic E-state index is 0.0108. The summed E-state index contributed by atoms with van der Waals surface area (Å²) < 4.78 is 0.